The van der Waals surface area contributed by atoms with Crippen LogP contribution in [0.15, 0.2) is 18.2 Å². The zero-order valence-corrected chi connectivity index (χ0v) is 9.25. The molecule has 16 heavy (non-hydrogen) atoms. The van der Waals surface area contributed by atoms with Crippen LogP contribution in [-0.4, -0.2) is 24.2 Å². The molecule has 1 N–H and O–H groups in total. The molecule has 1 heterocycles. The van der Waals surface area contributed by atoms with Gasteiger partial charge in [-0.05, 0) is 18.2 Å². The van der Waals surface area contributed by atoms with Gasteiger partial charge >= 0.3 is 0 Å². The Morgan fingerprint density at radius 3 is 2.88 bits per heavy atom. The van der Waals surface area contributed by atoms with Gasteiger partial charge in [-0.2, -0.15) is 0 Å². The molecule has 1 aromatic carbocycles. The van der Waals surface area contributed by atoms with Crippen LogP contribution in [0.3, 0.4) is 0 Å². The van der Waals surface area contributed by atoms with E-state index in [1.807, 2.05) is 0 Å². The zero-order valence-electron chi connectivity index (χ0n) is 8.49. The van der Waals surface area contributed by atoms with Crippen molar-refractivity contribution in [2.45, 2.75) is 6.42 Å². The van der Waals surface area contributed by atoms with E-state index in [-0.39, 0.29) is 23.5 Å². The number of carbonyl (C=O) groups is 1. The fourth-order valence-corrected chi connectivity index (χ4v) is 1.92. The van der Waals surface area contributed by atoms with Crippen molar-refractivity contribution in [3.63, 3.8) is 0 Å². The summed E-state index contributed by atoms with van der Waals surface area (Å²) in [6.45, 7) is 0.398. The van der Waals surface area contributed by atoms with E-state index in [0.29, 0.717) is 18.7 Å². The van der Waals surface area contributed by atoms with Crippen LogP contribution in [0.5, 0.6) is 0 Å². The minimum atomic E-state index is -0.542. The van der Waals surface area contributed by atoms with Crippen molar-refractivity contribution in [3.05, 3.63) is 29.0 Å². The molecule has 1 fully saturated rings. The number of hydrogen-bond acceptors (Lipinski definition) is 2. The first-order chi connectivity index (χ1) is 7.61. The van der Waals surface area contributed by atoms with Crippen molar-refractivity contribution in [3.8, 4) is 0 Å². The number of hydrogen-bond donors (Lipinski definition) is 1. The molecule has 2 rings (SSSR count). The summed E-state index contributed by atoms with van der Waals surface area (Å²) < 4.78 is 13.2. The highest BCUT2D eigenvalue weighted by Crippen LogP contribution is 2.27. The van der Waals surface area contributed by atoms with E-state index in [1.54, 1.807) is 6.07 Å². The van der Waals surface area contributed by atoms with Gasteiger partial charge in [0.05, 0.1) is 5.02 Å². The van der Waals surface area contributed by atoms with Crippen LogP contribution in [0.1, 0.15) is 6.42 Å². The third-order valence-electron chi connectivity index (χ3n) is 2.68. The summed E-state index contributed by atoms with van der Waals surface area (Å²) in [5.74, 6) is -0.702. The van der Waals surface area contributed by atoms with Gasteiger partial charge in [-0.1, -0.05) is 11.6 Å². The molecule has 86 valence electrons. The zero-order chi connectivity index (χ0) is 11.7. The number of rotatable bonds is 2. The Hall–Kier alpha value is -1.13. The largest absolute Gasteiger partial charge is 0.396 e. The molecular formula is C11H11ClFNO2. The molecule has 1 saturated heterocycles. The third kappa shape index (κ3) is 2.03. The second-order valence-electron chi connectivity index (χ2n) is 3.86. The maximum atomic E-state index is 13.2. The van der Waals surface area contributed by atoms with E-state index < -0.39 is 5.82 Å². The summed E-state index contributed by atoms with van der Waals surface area (Å²) in [6.07, 6.45) is 0.306. The molecule has 0 spiro atoms. The van der Waals surface area contributed by atoms with Crippen LogP contribution >= 0.6 is 11.6 Å². The molecule has 0 radical (unpaired) electrons. The number of halogens is 2. The maximum absolute atomic E-state index is 13.2. The Kier molecular flexibility index (Phi) is 3.12. The molecule has 1 aromatic rings. The second-order valence-corrected chi connectivity index (χ2v) is 4.26. The molecular weight excluding hydrogens is 233 g/mol. The summed E-state index contributed by atoms with van der Waals surface area (Å²) in [6, 6.07) is 4.26. The van der Waals surface area contributed by atoms with Crippen molar-refractivity contribution in [1.82, 2.24) is 0 Å². The maximum Gasteiger partial charge on any atom is 0.227 e. The smallest absolute Gasteiger partial charge is 0.227 e. The molecule has 0 aromatic heterocycles. The molecule has 0 aliphatic carbocycles. The number of aliphatic hydroxyl groups is 1. The number of nitrogens with zero attached hydrogens (tertiary/aromatic N) is 1. The van der Waals surface area contributed by atoms with Crippen LogP contribution in [0.25, 0.3) is 0 Å². The fourth-order valence-electron chi connectivity index (χ4n) is 1.81. The number of aliphatic hydroxyl groups excluding tert-OH is 1. The van der Waals surface area contributed by atoms with Crippen LogP contribution in [-0.2, 0) is 4.79 Å². The van der Waals surface area contributed by atoms with Gasteiger partial charge < -0.3 is 10.0 Å². The number of anilines is 1. The van der Waals surface area contributed by atoms with E-state index in [1.165, 1.54) is 17.0 Å². The summed E-state index contributed by atoms with van der Waals surface area (Å²) in [5, 5.41) is 9.01. The van der Waals surface area contributed by atoms with Gasteiger partial charge in [-0.25, -0.2) is 4.39 Å². The van der Waals surface area contributed by atoms with Crippen LogP contribution in [0.4, 0.5) is 10.1 Å². The average molecular weight is 244 g/mol. The summed E-state index contributed by atoms with van der Waals surface area (Å²) in [7, 11) is 0. The molecule has 0 bridgehead atoms. The van der Waals surface area contributed by atoms with Crippen molar-refractivity contribution < 1.29 is 14.3 Å². The summed E-state index contributed by atoms with van der Waals surface area (Å²) in [4.78, 5) is 13.1. The van der Waals surface area contributed by atoms with E-state index in [0.717, 1.165) is 0 Å². The van der Waals surface area contributed by atoms with Crippen molar-refractivity contribution in [1.29, 1.82) is 0 Å². The number of benzene rings is 1. The highest BCUT2D eigenvalue weighted by molar-refractivity contribution is 6.30. The SMILES string of the molecule is O=C1CC(CO)CN1c1ccc(Cl)c(F)c1. The monoisotopic (exact) mass is 243 g/mol. The first-order valence-electron chi connectivity index (χ1n) is 4.98. The predicted molar refractivity (Wildman–Crippen MR) is 59.0 cm³/mol. The lowest BCUT2D eigenvalue weighted by Crippen LogP contribution is -2.24. The Labute approximate surface area is 97.4 Å². The van der Waals surface area contributed by atoms with Gasteiger partial charge in [-0.3, -0.25) is 4.79 Å². The quantitative estimate of drug-likeness (QED) is 0.861. The third-order valence-corrected chi connectivity index (χ3v) is 2.98. The predicted octanol–water partition coefficient (Wildman–Crippen LogP) is 1.82. The normalized spacial score (nSPS) is 20.6. The van der Waals surface area contributed by atoms with Gasteiger partial charge in [0.15, 0.2) is 0 Å². The van der Waals surface area contributed by atoms with Gasteiger partial charge in [0, 0.05) is 31.2 Å². The minimum absolute atomic E-state index is 0.0295. The van der Waals surface area contributed by atoms with Crippen LogP contribution in [0, 0.1) is 11.7 Å². The summed E-state index contributed by atoms with van der Waals surface area (Å²) >= 11 is 5.56. The minimum Gasteiger partial charge on any atom is -0.396 e. The molecule has 5 heteroatoms. The Morgan fingerprint density at radius 1 is 1.56 bits per heavy atom. The standard InChI is InChI=1S/C11H11ClFNO2/c12-9-2-1-8(4-10(9)13)14-5-7(6-15)3-11(14)16/h1-2,4,7,15H,3,5-6H2. The van der Waals surface area contributed by atoms with Gasteiger partial charge in [-0.15, -0.1) is 0 Å². The Balaban J connectivity index is 2.24. The van der Waals surface area contributed by atoms with Crippen LogP contribution in [0.2, 0.25) is 5.02 Å². The van der Waals surface area contributed by atoms with E-state index in [9.17, 15) is 9.18 Å². The molecule has 1 amide bonds. The first-order valence-corrected chi connectivity index (χ1v) is 5.36. The molecule has 1 unspecified atom stereocenters. The van der Waals surface area contributed by atoms with Gasteiger partial charge in [0.1, 0.15) is 5.82 Å². The van der Waals surface area contributed by atoms with Crippen molar-refractivity contribution in [2.75, 3.05) is 18.1 Å². The lowest BCUT2D eigenvalue weighted by molar-refractivity contribution is -0.117. The lowest BCUT2D eigenvalue weighted by Gasteiger charge is -2.16. The Morgan fingerprint density at radius 2 is 2.31 bits per heavy atom. The second kappa shape index (κ2) is 4.39. The first kappa shape index (κ1) is 11.4. The Bertz CT molecular complexity index is 424. The van der Waals surface area contributed by atoms with Crippen molar-refractivity contribution >= 4 is 23.2 Å². The van der Waals surface area contributed by atoms with Crippen molar-refractivity contribution in [2.24, 2.45) is 5.92 Å². The highest BCUT2D eigenvalue weighted by Gasteiger charge is 2.30. The van der Waals surface area contributed by atoms with E-state index in [4.69, 9.17) is 16.7 Å². The number of carbonyl (C=O) groups excluding carboxylic acids is 1. The summed E-state index contributed by atoms with van der Waals surface area (Å²) in [5.41, 5.74) is 0.489. The van der Waals surface area contributed by atoms with Gasteiger partial charge in [0.25, 0.3) is 0 Å². The lowest BCUT2D eigenvalue weighted by atomic mass is 10.1. The van der Waals surface area contributed by atoms with Gasteiger partial charge in [0.2, 0.25) is 5.91 Å². The molecule has 0 saturated carbocycles. The van der Waals surface area contributed by atoms with E-state index >= 15 is 0 Å². The van der Waals surface area contributed by atoms with E-state index in [2.05, 4.69) is 0 Å². The topological polar surface area (TPSA) is 40.5 Å². The fraction of sp³-hybridized carbons (Fsp3) is 0.364. The molecule has 3 nitrogen and oxygen atoms in total. The van der Waals surface area contributed by atoms with Crippen LogP contribution < -0.4 is 4.90 Å². The highest BCUT2D eigenvalue weighted by atomic mass is 35.5. The average Bonchev–Trinajstić information content (AvgIpc) is 2.64. The molecule has 1 atom stereocenters. The molecule has 1 aliphatic heterocycles. The molecule has 1 aliphatic rings. The number of amides is 1.